The third-order valence-corrected chi connectivity index (χ3v) is 3.54. The molecule has 1 aromatic heterocycles. The maximum atomic E-state index is 12.7. The van der Waals surface area contributed by atoms with E-state index in [1.807, 2.05) is 4.57 Å². The van der Waals surface area contributed by atoms with Gasteiger partial charge in [0.15, 0.2) is 5.96 Å². The van der Waals surface area contributed by atoms with Crippen LogP contribution >= 0.6 is 0 Å². The summed E-state index contributed by atoms with van der Waals surface area (Å²) in [5.41, 5.74) is -0.103. The molecule has 0 spiro atoms. The Bertz CT molecular complexity index is 667. The van der Waals surface area contributed by atoms with Crippen molar-refractivity contribution in [3.8, 4) is 0 Å². The number of halogens is 3. The van der Waals surface area contributed by atoms with E-state index in [-0.39, 0.29) is 6.54 Å². The average Bonchev–Trinajstić information content (AvgIpc) is 3.10. The summed E-state index contributed by atoms with van der Waals surface area (Å²) < 4.78 is 40.0. The molecule has 1 aromatic carbocycles. The van der Waals surface area contributed by atoms with Crippen LogP contribution < -0.4 is 10.6 Å². The minimum atomic E-state index is -4.33. The molecule has 0 fully saturated rings. The molecule has 2 N–H and O–H groups in total. The highest BCUT2D eigenvalue weighted by Gasteiger charge is 2.30. The summed E-state index contributed by atoms with van der Waals surface area (Å²) in [5.74, 6) is 0.557. The van der Waals surface area contributed by atoms with E-state index in [0.717, 1.165) is 31.5 Å². The van der Waals surface area contributed by atoms with Gasteiger partial charge in [-0.2, -0.15) is 13.2 Å². The molecule has 2 rings (SSSR count). The normalized spacial score (nSPS) is 12.2. The molecule has 0 amide bonds. The van der Waals surface area contributed by atoms with Crippen LogP contribution in [-0.2, 0) is 19.3 Å². The minimum Gasteiger partial charge on any atom is -0.356 e. The van der Waals surface area contributed by atoms with Crippen LogP contribution in [0.25, 0.3) is 0 Å². The number of nitrogens with one attached hydrogen (secondary N) is 2. The summed E-state index contributed by atoms with van der Waals surface area (Å²) in [6.45, 7) is 1.82. The molecule has 0 aliphatic heterocycles. The summed E-state index contributed by atoms with van der Waals surface area (Å²) >= 11 is 0. The van der Waals surface area contributed by atoms with Gasteiger partial charge in [0.25, 0.3) is 0 Å². The topological polar surface area (TPSA) is 67.1 Å². The van der Waals surface area contributed by atoms with Crippen LogP contribution in [0.4, 0.5) is 13.2 Å². The molecule has 0 aliphatic carbocycles. The van der Waals surface area contributed by atoms with E-state index in [9.17, 15) is 13.2 Å². The number of nitrogens with zero attached hydrogens (tertiary/aromatic N) is 4. The van der Waals surface area contributed by atoms with E-state index in [2.05, 4.69) is 25.8 Å². The van der Waals surface area contributed by atoms with E-state index >= 15 is 0 Å². The van der Waals surface area contributed by atoms with E-state index in [1.54, 1.807) is 25.8 Å². The maximum Gasteiger partial charge on any atom is 0.416 e. The molecular formula is C16H21F3N6. The highest BCUT2D eigenvalue weighted by atomic mass is 19.4. The maximum absolute atomic E-state index is 12.7. The minimum absolute atomic E-state index is 0.268. The lowest BCUT2D eigenvalue weighted by atomic mass is 10.1. The van der Waals surface area contributed by atoms with Crippen molar-refractivity contribution in [1.29, 1.82) is 0 Å². The SMILES string of the molecule is CN=C(NCCCCn1cnnc1)NCc1cccc(C(F)(F)F)c1. The fourth-order valence-electron chi connectivity index (χ4n) is 2.23. The first-order chi connectivity index (χ1) is 12.0. The van der Waals surface area contributed by atoms with Crippen molar-refractivity contribution in [3.05, 3.63) is 48.0 Å². The van der Waals surface area contributed by atoms with Crippen LogP contribution in [0, 0.1) is 0 Å². The van der Waals surface area contributed by atoms with Crippen molar-refractivity contribution in [1.82, 2.24) is 25.4 Å². The Morgan fingerprint density at radius 1 is 1.16 bits per heavy atom. The van der Waals surface area contributed by atoms with Gasteiger partial charge in [-0.3, -0.25) is 4.99 Å². The highest BCUT2D eigenvalue weighted by Crippen LogP contribution is 2.29. The van der Waals surface area contributed by atoms with E-state index in [1.165, 1.54) is 6.07 Å². The fourth-order valence-corrected chi connectivity index (χ4v) is 2.23. The lowest BCUT2D eigenvalue weighted by molar-refractivity contribution is -0.137. The summed E-state index contributed by atoms with van der Waals surface area (Å²) in [5, 5.41) is 13.6. The first kappa shape index (κ1) is 18.8. The van der Waals surface area contributed by atoms with Crippen LogP contribution in [0.2, 0.25) is 0 Å². The standard InChI is InChI=1S/C16H21F3N6/c1-20-15(21-7-2-3-8-25-11-23-24-12-25)22-10-13-5-4-6-14(9-13)16(17,18)19/h4-6,9,11-12H,2-3,7-8,10H2,1H3,(H2,20,21,22). The van der Waals surface area contributed by atoms with Crippen molar-refractivity contribution in [3.63, 3.8) is 0 Å². The Balaban J connectivity index is 1.71. The molecule has 0 radical (unpaired) electrons. The zero-order valence-corrected chi connectivity index (χ0v) is 13.9. The largest absolute Gasteiger partial charge is 0.416 e. The third-order valence-electron chi connectivity index (χ3n) is 3.54. The Morgan fingerprint density at radius 2 is 1.92 bits per heavy atom. The van der Waals surface area contributed by atoms with Gasteiger partial charge in [0.05, 0.1) is 5.56 Å². The second kappa shape index (κ2) is 9.05. The molecule has 0 aliphatic rings. The Kier molecular flexibility index (Phi) is 6.79. The van der Waals surface area contributed by atoms with Crippen molar-refractivity contribution in [2.75, 3.05) is 13.6 Å². The number of guanidine groups is 1. The molecule has 1 heterocycles. The zero-order valence-electron chi connectivity index (χ0n) is 13.9. The predicted molar refractivity (Wildman–Crippen MR) is 88.9 cm³/mol. The number of hydrogen-bond donors (Lipinski definition) is 2. The third kappa shape index (κ3) is 6.44. The van der Waals surface area contributed by atoms with Gasteiger partial charge in [0.2, 0.25) is 0 Å². The average molecular weight is 354 g/mol. The van der Waals surface area contributed by atoms with Crippen LogP contribution in [0.1, 0.15) is 24.0 Å². The number of hydrogen-bond acceptors (Lipinski definition) is 3. The van der Waals surface area contributed by atoms with Gasteiger partial charge < -0.3 is 15.2 Å². The van der Waals surface area contributed by atoms with Gasteiger partial charge in [0.1, 0.15) is 12.7 Å². The molecule has 6 nitrogen and oxygen atoms in total. The van der Waals surface area contributed by atoms with E-state index in [4.69, 9.17) is 0 Å². The van der Waals surface area contributed by atoms with E-state index < -0.39 is 11.7 Å². The number of rotatable bonds is 7. The van der Waals surface area contributed by atoms with Crippen LogP contribution in [0.5, 0.6) is 0 Å². The molecule has 0 unspecified atom stereocenters. The summed E-state index contributed by atoms with van der Waals surface area (Å²) in [6.07, 6.45) is 0.880. The molecule has 0 atom stereocenters. The number of unbranched alkanes of at least 4 members (excludes halogenated alkanes) is 1. The van der Waals surface area contributed by atoms with E-state index in [0.29, 0.717) is 18.1 Å². The van der Waals surface area contributed by atoms with Gasteiger partial charge in [-0.15, -0.1) is 10.2 Å². The van der Waals surface area contributed by atoms with Gasteiger partial charge in [-0.1, -0.05) is 12.1 Å². The number of aliphatic imine (C=N–C) groups is 1. The quantitative estimate of drug-likeness (QED) is 0.455. The second-order valence-electron chi connectivity index (χ2n) is 5.46. The molecule has 0 saturated carbocycles. The first-order valence-electron chi connectivity index (χ1n) is 7.92. The number of alkyl halides is 3. The van der Waals surface area contributed by atoms with Gasteiger partial charge in [-0.05, 0) is 30.5 Å². The lowest BCUT2D eigenvalue weighted by Gasteiger charge is -2.13. The molecule has 0 saturated heterocycles. The summed E-state index contributed by atoms with van der Waals surface area (Å²) in [7, 11) is 1.62. The van der Waals surface area contributed by atoms with Gasteiger partial charge >= 0.3 is 6.18 Å². The molecule has 9 heteroatoms. The lowest BCUT2D eigenvalue weighted by Crippen LogP contribution is -2.37. The second-order valence-corrected chi connectivity index (χ2v) is 5.46. The molecule has 2 aromatic rings. The fraction of sp³-hybridized carbons (Fsp3) is 0.438. The Morgan fingerprint density at radius 3 is 2.60 bits per heavy atom. The zero-order chi connectivity index (χ0) is 18.1. The first-order valence-corrected chi connectivity index (χ1v) is 7.92. The van der Waals surface area contributed by atoms with Gasteiger partial charge in [0, 0.05) is 26.7 Å². The molecular weight excluding hydrogens is 333 g/mol. The molecule has 25 heavy (non-hydrogen) atoms. The number of aryl methyl sites for hydroxylation is 1. The van der Waals surface area contributed by atoms with Crippen LogP contribution in [0.15, 0.2) is 41.9 Å². The number of benzene rings is 1. The Labute approximate surface area is 144 Å². The van der Waals surface area contributed by atoms with Crippen molar-refractivity contribution < 1.29 is 13.2 Å². The molecule has 136 valence electrons. The number of aromatic nitrogens is 3. The van der Waals surface area contributed by atoms with Crippen molar-refractivity contribution in [2.24, 2.45) is 4.99 Å². The monoisotopic (exact) mass is 354 g/mol. The van der Waals surface area contributed by atoms with Crippen LogP contribution in [-0.4, -0.2) is 34.3 Å². The summed E-state index contributed by atoms with van der Waals surface area (Å²) in [6, 6.07) is 5.25. The summed E-state index contributed by atoms with van der Waals surface area (Å²) in [4.78, 5) is 4.07. The van der Waals surface area contributed by atoms with Crippen LogP contribution in [0.3, 0.4) is 0 Å². The smallest absolute Gasteiger partial charge is 0.356 e. The van der Waals surface area contributed by atoms with Gasteiger partial charge in [-0.25, -0.2) is 0 Å². The Hall–Kier alpha value is -2.58. The predicted octanol–water partition coefficient (Wildman–Crippen LogP) is 2.44. The van der Waals surface area contributed by atoms with Crippen molar-refractivity contribution >= 4 is 5.96 Å². The highest BCUT2D eigenvalue weighted by molar-refractivity contribution is 5.79. The molecule has 0 bridgehead atoms. The van der Waals surface area contributed by atoms with Crippen molar-refractivity contribution in [2.45, 2.75) is 32.1 Å².